The summed E-state index contributed by atoms with van der Waals surface area (Å²) in [6.07, 6.45) is 0. The molecule has 1 N–H and O–H groups in total. The van der Waals surface area contributed by atoms with E-state index in [2.05, 4.69) is 9.97 Å². The van der Waals surface area contributed by atoms with Crippen molar-refractivity contribution >= 4 is 39.6 Å². The van der Waals surface area contributed by atoms with E-state index < -0.39 is 6.92 Å². The molecule has 0 spiro atoms. The number of rotatable bonds is 2. The van der Waals surface area contributed by atoms with E-state index in [0.717, 1.165) is 44.1 Å². The highest BCUT2D eigenvalue weighted by atomic mass is 16.2. The van der Waals surface area contributed by atoms with Crippen LogP contribution in [0.3, 0.4) is 0 Å². The maximum Gasteiger partial charge on any atom is 0.358 e. The van der Waals surface area contributed by atoms with Crippen LogP contribution in [0.4, 0.5) is 0 Å². The molecule has 0 fully saturated rings. The molecule has 0 atom stereocenters. The molecular weight excluding hydrogens is 295 g/mol. The molecule has 2 aromatic carbocycles. The summed E-state index contributed by atoms with van der Waals surface area (Å²) in [5, 5.41) is 12.9. The van der Waals surface area contributed by atoms with Gasteiger partial charge in [0.05, 0.1) is 11.0 Å². The van der Waals surface area contributed by atoms with Crippen LogP contribution in [0.1, 0.15) is 11.4 Å². The molecule has 0 saturated heterocycles. The van der Waals surface area contributed by atoms with Crippen LogP contribution in [0.2, 0.25) is 0 Å². The van der Waals surface area contributed by atoms with E-state index in [1.807, 2.05) is 74.5 Å². The standard InChI is InChI=1S/C20H17BN2O/c1-13-3-5-15-11-17(7-9-19(15)22-13)21(24)18-8-10-20-16(12-18)6-4-14(2)23-20/h3-12,24H,1-2H3. The predicted molar refractivity (Wildman–Crippen MR) is 100 cm³/mol. The van der Waals surface area contributed by atoms with Gasteiger partial charge in [-0.2, -0.15) is 0 Å². The van der Waals surface area contributed by atoms with E-state index in [-0.39, 0.29) is 0 Å². The molecule has 0 unspecified atom stereocenters. The van der Waals surface area contributed by atoms with E-state index in [4.69, 9.17) is 0 Å². The number of hydrogen-bond acceptors (Lipinski definition) is 3. The quantitative estimate of drug-likeness (QED) is 0.579. The molecule has 0 bridgehead atoms. The van der Waals surface area contributed by atoms with Gasteiger partial charge < -0.3 is 5.02 Å². The fourth-order valence-electron chi connectivity index (χ4n) is 3.02. The number of fused-ring (bicyclic) bond motifs is 2. The first-order valence-electron chi connectivity index (χ1n) is 8.03. The van der Waals surface area contributed by atoms with Crippen molar-refractivity contribution in [2.24, 2.45) is 0 Å². The van der Waals surface area contributed by atoms with Crippen molar-refractivity contribution in [3.05, 3.63) is 72.1 Å². The van der Waals surface area contributed by atoms with Crippen LogP contribution < -0.4 is 10.9 Å². The second-order valence-electron chi connectivity index (χ2n) is 6.21. The van der Waals surface area contributed by atoms with Gasteiger partial charge in [-0.3, -0.25) is 9.97 Å². The van der Waals surface area contributed by atoms with Gasteiger partial charge in [0.2, 0.25) is 0 Å². The van der Waals surface area contributed by atoms with Crippen molar-refractivity contribution in [1.82, 2.24) is 9.97 Å². The molecule has 0 aliphatic rings. The Bertz CT molecular complexity index is 977. The summed E-state index contributed by atoms with van der Waals surface area (Å²) in [5.74, 6) is 0. The van der Waals surface area contributed by atoms with Crippen molar-refractivity contribution in [2.45, 2.75) is 13.8 Å². The second-order valence-corrected chi connectivity index (χ2v) is 6.21. The Kier molecular flexibility index (Phi) is 3.55. The number of aryl methyl sites for hydroxylation is 2. The molecule has 4 heteroatoms. The van der Waals surface area contributed by atoms with Crippen LogP contribution in [0, 0.1) is 13.8 Å². The number of nitrogens with zero attached hydrogens (tertiary/aromatic N) is 2. The first kappa shape index (κ1) is 14.9. The van der Waals surface area contributed by atoms with Crippen LogP contribution >= 0.6 is 0 Å². The first-order chi connectivity index (χ1) is 11.6. The van der Waals surface area contributed by atoms with Crippen molar-refractivity contribution in [3.8, 4) is 0 Å². The number of pyridine rings is 2. The molecule has 3 nitrogen and oxygen atoms in total. The maximum absolute atomic E-state index is 10.8. The number of benzene rings is 2. The molecular formula is C20H17BN2O. The van der Waals surface area contributed by atoms with Crippen molar-refractivity contribution in [3.63, 3.8) is 0 Å². The third-order valence-electron chi connectivity index (χ3n) is 4.34. The highest BCUT2D eigenvalue weighted by Gasteiger charge is 2.18. The van der Waals surface area contributed by atoms with E-state index in [1.165, 1.54) is 0 Å². The molecule has 24 heavy (non-hydrogen) atoms. The minimum atomic E-state index is -0.665. The molecule has 2 heterocycles. The summed E-state index contributed by atoms with van der Waals surface area (Å²) in [5.41, 5.74) is 5.62. The third kappa shape index (κ3) is 2.65. The molecule has 0 aliphatic carbocycles. The maximum atomic E-state index is 10.8. The molecule has 4 aromatic rings. The van der Waals surface area contributed by atoms with Gasteiger partial charge in [0.1, 0.15) is 0 Å². The fraction of sp³-hybridized carbons (Fsp3) is 0.100. The summed E-state index contributed by atoms with van der Waals surface area (Å²) >= 11 is 0. The molecule has 0 saturated carbocycles. The Morgan fingerprint density at radius 3 is 1.58 bits per heavy atom. The molecule has 116 valence electrons. The monoisotopic (exact) mass is 312 g/mol. The lowest BCUT2D eigenvalue weighted by Crippen LogP contribution is -2.42. The van der Waals surface area contributed by atoms with Crippen LogP contribution in [0.15, 0.2) is 60.7 Å². The van der Waals surface area contributed by atoms with E-state index in [1.54, 1.807) is 0 Å². The van der Waals surface area contributed by atoms with E-state index >= 15 is 0 Å². The highest BCUT2D eigenvalue weighted by Crippen LogP contribution is 2.13. The lowest BCUT2D eigenvalue weighted by Gasteiger charge is -2.10. The van der Waals surface area contributed by atoms with Crippen LogP contribution in [0.5, 0.6) is 0 Å². The SMILES string of the molecule is Cc1ccc2cc(B(O)c3ccc4nc(C)ccc4c3)ccc2n1. The van der Waals surface area contributed by atoms with Gasteiger partial charge in [0.25, 0.3) is 0 Å². The Labute approximate surface area is 141 Å². The van der Waals surface area contributed by atoms with Gasteiger partial charge in [-0.05, 0) is 59.8 Å². The Balaban J connectivity index is 1.76. The molecule has 0 aliphatic heterocycles. The topological polar surface area (TPSA) is 46.0 Å². The third-order valence-corrected chi connectivity index (χ3v) is 4.34. The average Bonchev–Trinajstić information content (AvgIpc) is 2.60. The number of aromatic nitrogens is 2. The van der Waals surface area contributed by atoms with Crippen molar-refractivity contribution in [1.29, 1.82) is 0 Å². The lowest BCUT2D eigenvalue weighted by atomic mass is 9.55. The zero-order valence-corrected chi connectivity index (χ0v) is 13.7. The Hall–Kier alpha value is -2.72. The normalized spacial score (nSPS) is 11.1. The molecule has 2 aromatic heterocycles. The molecule has 0 radical (unpaired) electrons. The van der Waals surface area contributed by atoms with Gasteiger partial charge >= 0.3 is 6.92 Å². The second kappa shape index (κ2) is 5.73. The minimum absolute atomic E-state index is 0.665. The van der Waals surface area contributed by atoms with Gasteiger partial charge in [0.15, 0.2) is 0 Å². The highest BCUT2D eigenvalue weighted by molar-refractivity contribution is 6.79. The average molecular weight is 312 g/mol. The number of hydrogen-bond donors (Lipinski definition) is 1. The molecule has 0 amide bonds. The van der Waals surface area contributed by atoms with E-state index in [9.17, 15) is 5.02 Å². The Morgan fingerprint density at radius 1 is 0.667 bits per heavy atom. The van der Waals surface area contributed by atoms with Gasteiger partial charge in [0, 0.05) is 11.4 Å². The summed E-state index contributed by atoms with van der Waals surface area (Å²) in [6, 6.07) is 19.9. The largest absolute Gasteiger partial charge is 0.443 e. The Morgan fingerprint density at radius 2 is 1.12 bits per heavy atom. The summed E-state index contributed by atoms with van der Waals surface area (Å²) in [7, 11) is 0. The summed E-state index contributed by atoms with van der Waals surface area (Å²) in [6.45, 7) is 3.29. The molecule has 4 rings (SSSR count). The smallest absolute Gasteiger partial charge is 0.358 e. The van der Waals surface area contributed by atoms with Gasteiger partial charge in [-0.15, -0.1) is 0 Å². The van der Waals surface area contributed by atoms with E-state index in [0.29, 0.717) is 0 Å². The van der Waals surface area contributed by atoms with Crippen LogP contribution in [0.25, 0.3) is 21.8 Å². The van der Waals surface area contributed by atoms with Gasteiger partial charge in [-0.25, -0.2) is 0 Å². The zero-order valence-electron chi connectivity index (χ0n) is 13.7. The van der Waals surface area contributed by atoms with Crippen molar-refractivity contribution in [2.75, 3.05) is 0 Å². The fourth-order valence-corrected chi connectivity index (χ4v) is 3.02. The minimum Gasteiger partial charge on any atom is -0.443 e. The zero-order chi connectivity index (χ0) is 16.7. The summed E-state index contributed by atoms with van der Waals surface area (Å²) in [4.78, 5) is 9.02. The first-order valence-corrected chi connectivity index (χ1v) is 8.03. The lowest BCUT2D eigenvalue weighted by molar-refractivity contribution is 0.600. The van der Waals surface area contributed by atoms with Crippen LogP contribution in [-0.2, 0) is 0 Å². The summed E-state index contributed by atoms with van der Waals surface area (Å²) < 4.78 is 0. The van der Waals surface area contributed by atoms with Crippen LogP contribution in [-0.4, -0.2) is 21.9 Å². The van der Waals surface area contributed by atoms with Gasteiger partial charge in [-0.1, -0.05) is 36.4 Å². The predicted octanol–water partition coefficient (Wildman–Crippen LogP) is 2.50. The van der Waals surface area contributed by atoms with Crippen molar-refractivity contribution < 1.29 is 5.02 Å².